The molecule has 1 aromatic rings. The summed E-state index contributed by atoms with van der Waals surface area (Å²) in [5.74, 6) is -0.350. The fourth-order valence-electron chi connectivity index (χ4n) is 3.21. The number of hydrogen-bond acceptors (Lipinski definition) is 7. The summed E-state index contributed by atoms with van der Waals surface area (Å²) in [6.07, 6.45) is 4.40. The number of thiazole rings is 1. The van der Waals surface area contributed by atoms with Crippen molar-refractivity contribution in [2.45, 2.75) is 57.9 Å². The van der Waals surface area contributed by atoms with E-state index in [1.165, 1.54) is 11.3 Å². The standard InChI is InChI=1S/C19H32N4O4S/c1-14-15(2)28-18(21-14)22-17(25)19(7-4-3-5-8-19)23-16(24)6-10-26-12-13-27-11-9-20/h3-13,20H2,1-2H3,(H,23,24)(H,21,22,25). The molecular weight excluding hydrogens is 380 g/mol. The Morgan fingerprint density at radius 3 is 2.39 bits per heavy atom. The number of rotatable bonds is 11. The molecule has 28 heavy (non-hydrogen) atoms. The van der Waals surface area contributed by atoms with E-state index in [1.807, 2.05) is 13.8 Å². The van der Waals surface area contributed by atoms with Crippen LogP contribution in [0.3, 0.4) is 0 Å². The molecule has 0 saturated heterocycles. The van der Waals surface area contributed by atoms with Gasteiger partial charge in [-0.15, -0.1) is 11.3 Å². The Balaban J connectivity index is 1.85. The first-order chi connectivity index (χ1) is 13.5. The molecule has 0 bridgehead atoms. The van der Waals surface area contributed by atoms with Gasteiger partial charge in [-0.2, -0.15) is 0 Å². The van der Waals surface area contributed by atoms with Crippen LogP contribution in [0.1, 0.15) is 49.1 Å². The van der Waals surface area contributed by atoms with Gasteiger partial charge in [0.2, 0.25) is 5.91 Å². The molecule has 1 aromatic heterocycles. The first kappa shape index (κ1) is 22.7. The SMILES string of the molecule is Cc1nc(NC(=O)C2(NC(=O)CCOCCOCCN)CCCCC2)sc1C. The number of carbonyl (C=O) groups is 2. The second-order valence-corrected chi connectivity index (χ2v) is 8.27. The number of nitrogens with one attached hydrogen (secondary N) is 2. The van der Waals surface area contributed by atoms with Crippen LogP contribution in [-0.2, 0) is 19.1 Å². The van der Waals surface area contributed by atoms with Gasteiger partial charge in [-0.3, -0.25) is 14.9 Å². The number of anilines is 1. The largest absolute Gasteiger partial charge is 0.379 e. The Morgan fingerprint density at radius 2 is 1.79 bits per heavy atom. The van der Waals surface area contributed by atoms with E-state index in [1.54, 1.807) is 0 Å². The highest BCUT2D eigenvalue weighted by atomic mass is 32.1. The lowest BCUT2D eigenvalue weighted by Gasteiger charge is -2.36. The van der Waals surface area contributed by atoms with Crippen molar-refractivity contribution in [3.63, 3.8) is 0 Å². The summed E-state index contributed by atoms with van der Waals surface area (Å²) in [5.41, 5.74) is 5.38. The van der Waals surface area contributed by atoms with Crippen molar-refractivity contribution < 1.29 is 19.1 Å². The molecule has 2 amide bonds. The fourth-order valence-corrected chi connectivity index (χ4v) is 4.02. The van der Waals surface area contributed by atoms with Gasteiger partial charge in [-0.05, 0) is 26.7 Å². The third-order valence-corrected chi connectivity index (χ3v) is 5.87. The number of amides is 2. The predicted octanol–water partition coefficient (Wildman–Crippen LogP) is 1.90. The van der Waals surface area contributed by atoms with Crippen molar-refractivity contribution in [2.24, 2.45) is 5.73 Å². The van der Waals surface area contributed by atoms with E-state index in [0.717, 1.165) is 29.8 Å². The van der Waals surface area contributed by atoms with Gasteiger partial charge >= 0.3 is 0 Å². The van der Waals surface area contributed by atoms with Crippen molar-refractivity contribution >= 4 is 28.3 Å². The van der Waals surface area contributed by atoms with Gasteiger partial charge in [0.15, 0.2) is 5.13 Å². The maximum absolute atomic E-state index is 13.0. The monoisotopic (exact) mass is 412 g/mol. The van der Waals surface area contributed by atoms with Crippen LogP contribution >= 0.6 is 11.3 Å². The normalized spacial score (nSPS) is 16.0. The van der Waals surface area contributed by atoms with E-state index >= 15 is 0 Å². The first-order valence-corrected chi connectivity index (χ1v) is 10.7. The zero-order valence-corrected chi connectivity index (χ0v) is 17.7. The topological polar surface area (TPSA) is 116 Å². The summed E-state index contributed by atoms with van der Waals surface area (Å²) in [4.78, 5) is 30.9. The lowest BCUT2D eigenvalue weighted by Crippen LogP contribution is -2.58. The Hall–Kier alpha value is -1.55. The van der Waals surface area contributed by atoms with Crippen LogP contribution in [0.2, 0.25) is 0 Å². The third-order valence-electron chi connectivity index (χ3n) is 4.88. The Kier molecular flexibility index (Phi) is 9.30. The summed E-state index contributed by atoms with van der Waals surface area (Å²) in [6, 6.07) is 0. The molecule has 0 atom stereocenters. The van der Waals surface area contributed by atoms with Crippen LogP contribution in [0.25, 0.3) is 0 Å². The molecule has 0 aromatic carbocycles. The van der Waals surface area contributed by atoms with Crippen LogP contribution in [0.4, 0.5) is 5.13 Å². The van der Waals surface area contributed by atoms with Gasteiger partial charge in [0.1, 0.15) is 5.54 Å². The van der Waals surface area contributed by atoms with Crippen molar-refractivity contribution in [2.75, 3.05) is 38.3 Å². The minimum Gasteiger partial charge on any atom is -0.379 e. The average Bonchev–Trinajstić information content (AvgIpc) is 2.98. The molecule has 158 valence electrons. The fraction of sp³-hybridized carbons (Fsp3) is 0.737. The van der Waals surface area contributed by atoms with E-state index in [9.17, 15) is 9.59 Å². The maximum atomic E-state index is 13.0. The van der Waals surface area contributed by atoms with Crippen molar-refractivity contribution in [1.29, 1.82) is 0 Å². The molecule has 1 fully saturated rings. The number of carbonyl (C=O) groups excluding carboxylic acids is 2. The average molecular weight is 413 g/mol. The van der Waals surface area contributed by atoms with Gasteiger partial charge in [-0.1, -0.05) is 19.3 Å². The number of aryl methyl sites for hydroxylation is 2. The van der Waals surface area contributed by atoms with Crippen LogP contribution in [0, 0.1) is 13.8 Å². The van der Waals surface area contributed by atoms with Gasteiger partial charge in [0.25, 0.3) is 5.91 Å². The number of nitrogens with zero attached hydrogens (tertiary/aromatic N) is 1. The second kappa shape index (κ2) is 11.5. The predicted molar refractivity (Wildman–Crippen MR) is 109 cm³/mol. The second-order valence-electron chi connectivity index (χ2n) is 7.07. The van der Waals surface area contributed by atoms with E-state index in [2.05, 4.69) is 15.6 Å². The summed E-state index contributed by atoms with van der Waals surface area (Å²) < 4.78 is 10.6. The van der Waals surface area contributed by atoms with E-state index in [-0.39, 0.29) is 18.2 Å². The Labute approximate surface area is 170 Å². The molecule has 4 N–H and O–H groups in total. The Morgan fingerprint density at radius 1 is 1.11 bits per heavy atom. The van der Waals surface area contributed by atoms with Gasteiger partial charge in [0, 0.05) is 17.8 Å². The summed E-state index contributed by atoms with van der Waals surface area (Å²) in [7, 11) is 0. The van der Waals surface area contributed by atoms with E-state index in [4.69, 9.17) is 15.2 Å². The molecule has 0 unspecified atom stereocenters. The molecule has 1 saturated carbocycles. The third kappa shape index (κ3) is 6.80. The highest BCUT2D eigenvalue weighted by Crippen LogP contribution is 2.31. The molecule has 9 heteroatoms. The highest BCUT2D eigenvalue weighted by Gasteiger charge is 2.41. The zero-order valence-electron chi connectivity index (χ0n) is 16.8. The minimum atomic E-state index is -0.868. The van der Waals surface area contributed by atoms with Gasteiger partial charge in [0.05, 0.1) is 32.1 Å². The van der Waals surface area contributed by atoms with E-state index in [0.29, 0.717) is 50.9 Å². The number of hydrogen-bond donors (Lipinski definition) is 3. The maximum Gasteiger partial charge on any atom is 0.251 e. The molecule has 2 rings (SSSR count). The lowest BCUT2D eigenvalue weighted by atomic mass is 9.80. The molecule has 1 aliphatic rings. The quantitative estimate of drug-likeness (QED) is 0.478. The number of nitrogens with two attached hydrogens (primary N) is 1. The van der Waals surface area contributed by atoms with Crippen LogP contribution in [-0.4, -0.2) is 55.3 Å². The summed E-state index contributed by atoms with van der Waals surface area (Å²) in [6.45, 7) is 6.04. The Bertz CT molecular complexity index is 624. The molecule has 0 spiro atoms. The van der Waals surface area contributed by atoms with Crippen molar-refractivity contribution in [1.82, 2.24) is 10.3 Å². The van der Waals surface area contributed by atoms with Gasteiger partial charge < -0.3 is 20.5 Å². The molecule has 1 aliphatic carbocycles. The molecule has 0 aliphatic heterocycles. The minimum absolute atomic E-state index is 0.175. The molecule has 0 radical (unpaired) electrons. The van der Waals surface area contributed by atoms with E-state index < -0.39 is 5.54 Å². The van der Waals surface area contributed by atoms with Crippen LogP contribution < -0.4 is 16.4 Å². The molecular formula is C19H32N4O4S. The van der Waals surface area contributed by atoms with Crippen LogP contribution in [0.15, 0.2) is 0 Å². The van der Waals surface area contributed by atoms with Crippen molar-refractivity contribution in [3.8, 4) is 0 Å². The molecule has 1 heterocycles. The smallest absolute Gasteiger partial charge is 0.251 e. The summed E-state index contributed by atoms with van der Waals surface area (Å²) in [5, 5.41) is 6.48. The number of aromatic nitrogens is 1. The molecule has 8 nitrogen and oxygen atoms in total. The highest BCUT2D eigenvalue weighted by molar-refractivity contribution is 7.15. The lowest BCUT2D eigenvalue weighted by molar-refractivity contribution is -0.132. The van der Waals surface area contributed by atoms with Gasteiger partial charge in [-0.25, -0.2) is 4.98 Å². The first-order valence-electron chi connectivity index (χ1n) is 9.89. The number of ether oxygens (including phenoxy) is 2. The zero-order chi connectivity index (χ0) is 20.4. The van der Waals surface area contributed by atoms with Crippen LogP contribution in [0.5, 0.6) is 0 Å². The van der Waals surface area contributed by atoms with Crippen molar-refractivity contribution in [3.05, 3.63) is 10.6 Å². The summed E-state index contributed by atoms with van der Waals surface area (Å²) >= 11 is 1.45.